The molecule has 0 spiro atoms. The van der Waals surface area contributed by atoms with E-state index in [9.17, 15) is 19.0 Å². The fourth-order valence-electron chi connectivity index (χ4n) is 5.88. The number of allylic oxidation sites excluding steroid dienone is 2. The molecule has 2 atom stereocenters. The lowest BCUT2D eigenvalue weighted by molar-refractivity contribution is -0.870. The van der Waals surface area contributed by atoms with Crippen molar-refractivity contribution < 1.29 is 42.1 Å². The number of carbonyl (C=O) groups is 2. The van der Waals surface area contributed by atoms with Crippen LogP contribution in [-0.2, 0) is 32.7 Å². The highest BCUT2D eigenvalue weighted by Gasteiger charge is 2.21. The zero-order valence-electron chi connectivity index (χ0n) is 34.5. The molecule has 10 heteroatoms. The Balaban J connectivity index is 4.36. The number of hydrogen-bond acceptors (Lipinski definition) is 8. The number of hydrogen-bond donors (Lipinski definition) is 0. The number of unbranched alkanes of at least 4 members (excludes halogenated alkanes) is 23. The van der Waals surface area contributed by atoms with Gasteiger partial charge in [0, 0.05) is 12.8 Å². The highest BCUT2D eigenvalue weighted by atomic mass is 31.2. The van der Waals surface area contributed by atoms with Gasteiger partial charge in [-0.05, 0) is 38.5 Å². The molecule has 0 aliphatic heterocycles. The quantitative estimate of drug-likeness (QED) is 0.0200. The molecule has 0 amide bonds. The van der Waals surface area contributed by atoms with Crippen molar-refractivity contribution in [3.05, 3.63) is 12.2 Å². The summed E-state index contributed by atoms with van der Waals surface area (Å²) in [4.78, 5) is 37.4. The lowest BCUT2D eigenvalue weighted by atomic mass is 10.0. The Hall–Kier alpha value is -1.25. The Bertz CT molecular complexity index is 907. The number of likely N-dealkylation sites (N-methyl/N-ethyl adjacent to an activating group) is 1. The summed E-state index contributed by atoms with van der Waals surface area (Å²) in [5, 5.41) is 0. The summed E-state index contributed by atoms with van der Waals surface area (Å²) in [7, 11) is 1.17. The Kier molecular flexibility index (Phi) is 34.6. The summed E-state index contributed by atoms with van der Waals surface area (Å²) in [5.41, 5.74) is 0. The van der Waals surface area contributed by atoms with E-state index in [1.54, 1.807) is 0 Å². The number of rotatable bonds is 39. The maximum Gasteiger partial charge on any atom is 0.306 e. The molecule has 0 N–H and O–H groups in total. The highest BCUT2D eigenvalue weighted by Crippen LogP contribution is 2.38. The van der Waals surface area contributed by atoms with Gasteiger partial charge in [-0.3, -0.25) is 14.2 Å². The predicted molar refractivity (Wildman–Crippen MR) is 213 cm³/mol. The summed E-state index contributed by atoms with van der Waals surface area (Å²) in [6, 6.07) is 0. The monoisotopic (exact) mass is 760 g/mol. The third-order valence-electron chi connectivity index (χ3n) is 9.29. The Labute approximate surface area is 320 Å². The first-order valence-electron chi connectivity index (χ1n) is 21.4. The van der Waals surface area contributed by atoms with Crippen LogP contribution >= 0.6 is 7.82 Å². The van der Waals surface area contributed by atoms with Crippen LogP contribution in [0, 0.1) is 0 Å². The molecule has 0 radical (unpaired) electrons. The minimum Gasteiger partial charge on any atom is -0.756 e. The lowest BCUT2D eigenvalue weighted by Crippen LogP contribution is -2.37. The first-order chi connectivity index (χ1) is 25.0. The van der Waals surface area contributed by atoms with Crippen LogP contribution in [0.25, 0.3) is 0 Å². The maximum absolute atomic E-state index is 12.6. The van der Waals surface area contributed by atoms with Gasteiger partial charge in [-0.25, -0.2) is 0 Å². The van der Waals surface area contributed by atoms with Crippen molar-refractivity contribution in [2.24, 2.45) is 0 Å². The summed E-state index contributed by atoms with van der Waals surface area (Å²) < 4.78 is 33.8. The van der Waals surface area contributed by atoms with Crippen molar-refractivity contribution in [1.82, 2.24) is 0 Å². The van der Waals surface area contributed by atoms with Gasteiger partial charge < -0.3 is 27.9 Å². The van der Waals surface area contributed by atoms with Gasteiger partial charge in [0.05, 0.1) is 27.7 Å². The standard InChI is InChI=1S/C42H82NO8P/c1-6-8-10-12-14-16-18-20-21-23-24-26-28-30-32-34-41(44)48-38-40(39-50-52(46,47)49-37-36-43(3,4)5)51-42(45)35-33-31-29-27-25-22-19-17-15-13-11-9-7-2/h17,19,40H,6-16,18,20-39H2,1-5H3/b19-17-. The van der Waals surface area contributed by atoms with Gasteiger partial charge in [0.2, 0.25) is 0 Å². The molecule has 308 valence electrons. The van der Waals surface area contributed by atoms with Crippen molar-refractivity contribution in [3.8, 4) is 0 Å². The van der Waals surface area contributed by atoms with E-state index < -0.39 is 26.5 Å². The fourth-order valence-corrected chi connectivity index (χ4v) is 6.61. The number of phosphoric ester groups is 1. The molecule has 2 unspecified atom stereocenters. The van der Waals surface area contributed by atoms with Gasteiger partial charge in [0.15, 0.2) is 6.10 Å². The number of esters is 2. The number of phosphoric acid groups is 1. The molecule has 0 aliphatic rings. The number of carbonyl (C=O) groups excluding carboxylic acids is 2. The van der Waals surface area contributed by atoms with Crippen LogP contribution in [0.3, 0.4) is 0 Å². The summed E-state index contributed by atoms with van der Waals surface area (Å²) in [5.74, 6) is -0.837. The molecule has 0 bridgehead atoms. The smallest absolute Gasteiger partial charge is 0.306 e. The van der Waals surface area contributed by atoms with Crippen molar-refractivity contribution in [3.63, 3.8) is 0 Å². The van der Waals surface area contributed by atoms with Crippen molar-refractivity contribution >= 4 is 19.8 Å². The first kappa shape index (κ1) is 50.8. The predicted octanol–water partition coefficient (Wildman–Crippen LogP) is 11.2. The average molecular weight is 760 g/mol. The molecule has 9 nitrogen and oxygen atoms in total. The minimum atomic E-state index is -4.62. The van der Waals surface area contributed by atoms with Crippen molar-refractivity contribution in [2.75, 3.05) is 47.5 Å². The van der Waals surface area contributed by atoms with E-state index in [1.165, 1.54) is 109 Å². The number of quaternary nitrogens is 1. The molecule has 0 rings (SSSR count). The Morgan fingerprint density at radius 3 is 1.44 bits per heavy atom. The zero-order chi connectivity index (χ0) is 38.6. The molecule has 0 saturated carbocycles. The molecule has 0 aromatic rings. The van der Waals surface area contributed by atoms with E-state index in [-0.39, 0.29) is 32.0 Å². The van der Waals surface area contributed by atoms with E-state index >= 15 is 0 Å². The van der Waals surface area contributed by atoms with Crippen LogP contribution in [0.4, 0.5) is 0 Å². The van der Waals surface area contributed by atoms with E-state index in [4.69, 9.17) is 18.5 Å². The molecular formula is C42H82NO8P. The largest absolute Gasteiger partial charge is 0.756 e. The van der Waals surface area contributed by atoms with E-state index in [0.717, 1.165) is 51.4 Å². The van der Waals surface area contributed by atoms with E-state index in [1.807, 2.05) is 21.1 Å². The maximum atomic E-state index is 12.6. The van der Waals surface area contributed by atoms with Crippen LogP contribution in [0.2, 0.25) is 0 Å². The van der Waals surface area contributed by atoms with E-state index in [0.29, 0.717) is 17.4 Å². The highest BCUT2D eigenvalue weighted by molar-refractivity contribution is 7.45. The molecular weight excluding hydrogens is 677 g/mol. The van der Waals surface area contributed by atoms with Crippen molar-refractivity contribution in [1.29, 1.82) is 0 Å². The summed E-state index contributed by atoms with van der Waals surface area (Å²) in [6.45, 7) is 4.21. The molecule has 0 fully saturated rings. The third-order valence-corrected chi connectivity index (χ3v) is 10.2. The number of ether oxygens (including phenoxy) is 2. The van der Waals surface area contributed by atoms with Gasteiger partial charge in [-0.15, -0.1) is 0 Å². The molecule has 0 aromatic heterocycles. The second-order valence-corrected chi connectivity index (χ2v) is 17.1. The SMILES string of the molecule is CCCCCC/C=C\CCCCCCCC(=O)OC(COC(=O)CCCCCCCCCCCCCCCCC)COP(=O)([O-])OCC[N+](C)(C)C. The zero-order valence-corrected chi connectivity index (χ0v) is 35.4. The van der Waals surface area contributed by atoms with Crippen LogP contribution in [0.5, 0.6) is 0 Å². The van der Waals surface area contributed by atoms with Crippen LogP contribution < -0.4 is 4.89 Å². The first-order valence-corrected chi connectivity index (χ1v) is 22.9. The number of nitrogens with zero attached hydrogens (tertiary/aromatic N) is 1. The second kappa shape index (κ2) is 35.5. The summed E-state index contributed by atoms with van der Waals surface area (Å²) >= 11 is 0. The van der Waals surface area contributed by atoms with Crippen LogP contribution in [0.1, 0.15) is 194 Å². The topological polar surface area (TPSA) is 111 Å². The molecule has 0 aliphatic carbocycles. The molecule has 0 saturated heterocycles. The third kappa shape index (κ3) is 38.5. The fraction of sp³-hybridized carbons (Fsp3) is 0.905. The second-order valence-electron chi connectivity index (χ2n) is 15.7. The lowest BCUT2D eigenvalue weighted by Gasteiger charge is -2.28. The Morgan fingerprint density at radius 1 is 0.577 bits per heavy atom. The van der Waals surface area contributed by atoms with Gasteiger partial charge in [-0.2, -0.15) is 0 Å². The van der Waals surface area contributed by atoms with Gasteiger partial charge in [0.1, 0.15) is 19.8 Å². The van der Waals surface area contributed by atoms with Gasteiger partial charge >= 0.3 is 11.9 Å². The summed E-state index contributed by atoms with van der Waals surface area (Å²) in [6.07, 6.45) is 35.2. The average Bonchev–Trinajstić information content (AvgIpc) is 3.09. The molecule has 52 heavy (non-hydrogen) atoms. The minimum absolute atomic E-state index is 0.0295. The van der Waals surface area contributed by atoms with Crippen molar-refractivity contribution in [2.45, 2.75) is 200 Å². The normalized spacial score (nSPS) is 13.7. The van der Waals surface area contributed by atoms with Gasteiger partial charge in [0.25, 0.3) is 7.82 Å². The molecule has 0 aromatic carbocycles. The van der Waals surface area contributed by atoms with E-state index in [2.05, 4.69) is 26.0 Å². The van der Waals surface area contributed by atoms with Crippen LogP contribution in [-0.4, -0.2) is 70.0 Å². The Morgan fingerprint density at radius 2 is 0.981 bits per heavy atom. The van der Waals surface area contributed by atoms with Crippen LogP contribution in [0.15, 0.2) is 12.2 Å². The molecule has 0 heterocycles. The van der Waals surface area contributed by atoms with Gasteiger partial charge in [-0.1, -0.05) is 154 Å².